The van der Waals surface area contributed by atoms with Gasteiger partial charge in [0, 0.05) is 73.9 Å². The molecule has 71 heavy (non-hydrogen) atoms. The number of ketones is 1. The number of carbonyl (C=O) groups excluding carboxylic acids is 1. The smallest absolute Gasteiger partial charge is 0.478 e. The number of alkyl halides is 3. The van der Waals surface area contributed by atoms with Gasteiger partial charge < -0.3 is 37.3 Å². The van der Waals surface area contributed by atoms with E-state index in [-0.39, 0.29) is 62.1 Å². The number of pyridine rings is 2. The Morgan fingerprint density at radius 1 is 0.718 bits per heavy atom. The fraction of sp³-hybridized carbons (Fsp3) is 0.354. The van der Waals surface area contributed by atoms with Crippen LogP contribution in [0.15, 0.2) is 94.8 Å². The number of carbonyl (C=O) groups is 1. The molecule has 0 saturated carbocycles. The second-order valence-corrected chi connectivity index (χ2v) is 18.6. The zero-order chi connectivity index (χ0) is 49.3. The minimum atomic E-state index is -5.80. The summed E-state index contributed by atoms with van der Waals surface area (Å²) in [7, 11) is -5.80. The van der Waals surface area contributed by atoms with Crippen LogP contribution in [-0.2, 0) is 40.8 Å². The highest BCUT2D eigenvalue weighted by Gasteiger charge is 2.48. The van der Waals surface area contributed by atoms with E-state index in [9.17, 15) is 36.0 Å². The second-order valence-electron chi connectivity index (χ2n) is 17.0. The van der Waals surface area contributed by atoms with E-state index >= 15 is 0 Å². The Morgan fingerprint density at radius 2 is 1.25 bits per heavy atom. The van der Waals surface area contributed by atoms with Crippen LogP contribution in [0.25, 0.3) is 22.5 Å². The summed E-state index contributed by atoms with van der Waals surface area (Å²) in [6.07, 6.45) is 5.74. The first-order valence-corrected chi connectivity index (χ1v) is 24.0. The number of hydrogen-bond acceptors (Lipinski definition) is 17. The average Bonchev–Trinajstić information content (AvgIpc) is 3.37. The van der Waals surface area contributed by atoms with Crippen molar-refractivity contribution in [2.45, 2.75) is 62.9 Å². The predicted octanol–water partition coefficient (Wildman–Crippen LogP) is 5.39. The summed E-state index contributed by atoms with van der Waals surface area (Å²) in [5.41, 5.74) is -1.60. The number of aromatic nitrogens is 6. The summed E-state index contributed by atoms with van der Waals surface area (Å²) in [6.45, 7) is 2.84. The van der Waals surface area contributed by atoms with E-state index in [1.807, 2.05) is 18.2 Å². The lowest BCUT2D eigenvalue weighted by molar-refractivity contribution is -0.0500. The van der Waals surface area contributed by atoms with E-state index in [1.165, 1.54) is 22.8 Å². The van der Waals surface area contributed by atoms with Crippen molar-refractivity contribution < 1.29 is 63.7 Å². The molecule has 2 atom stereocenters. The van der Waals surface area contributed by atoms with Crippen LogP contribution in [0.4, 0.5) is 13.2 Å². The average molecular weight is 1000 g/mol. The molecule has 19 nitrogen and oxygen atoms in total. The standard InChI is InChI=1S/C27H27N3O6.C21H16F3N3O7S/c31-23(12-17-6-10-33-11-7-17)19-3-4-21-18(13-19)5-9-30-22(21)14-25(29-27(30)32)34-15-20-16-35-26-24(36-20)2-1-8-28-26;22-21(23,24)35(29,30)34-13-3-4-15-12(8-13)5-7-27-16(15)9-18(26-20(27)28)31-10-14-11-32-19-17(33-14)2-1-6-25-19/h1-4,8,13-14,17,20H,5-7,9-12,15-16H2;1-4,6,8-9,14H,5,7,10-11H2. The van der Waals surface area contributed by atoms with Crippen LogP contribution in [0.1, 0.15) is 40.7 Å². The highest BCUT2D eigenvalue weighted by atomic mass is 32.2. The molecule has 9 heterocycles. The van der Waals surface area contributed by atoms with Gasteiger partial charge in [0.2, 0.25) is 11.8 Å². The maximum Gasteiger partial charge on any atom is 0.534 e. The Kier molecular flexibility index (Phi) is 13.1. The molecule has 11 rings (SSSR count). The predicted molar refractivity (Wildman–Crippen MR) is 243 cm³/mol. The summed E-state index contributed by atoms with van der Waals surface area (Å²) in [4.78, 5) is 54.4. The largest absolute Gasteiger partial charge is 0.534 e. The normalized spacial score (nSPS) is 17.7. The van der Waals surface area contributed by atoms with E-state index in [2.05, 4.69) is 24.1 Å². The van der Waals surface area contributed by atoms with Gasteiger partial charge in [-0.25, -0.2) is 19.6 Å². The molecule has 0 spiro atoms. The number of hydrogen-bond donors (Lipinski definition) is 0. The molecule has 1 saturated heterocycles. The summed E-state index contributed by atoms with van der Waals surface area (Å²) >= 11 is 0. The molecule has 6 aromatic rings. The number of fused-ring (bicyclic) bond motifs is 8. The van der Waals surface area contributed by atoms with E-state index < -0.39 is 33.2 Å². The molecular formula is C48H43F3N6O13S. The van der Waals surface area contributed by atoms with Crippen molar-refractivity contribution in [1.29, 1.82) is 0 Å². The number of nitrogens with zero attached hydrogens (tertiary/aromatic N) is 6. The van der Waals surface area contributed by atoms with Gasteiger partial charge in [-0.15, -0.1) is 0 Å². The van der Waals surface area contributed by atoms with E-state index in [4.69, 9.17) is 33.2 Å². The number of rotatable bonds is 11. The molecule has 1 fully saturated rings. The first-order chi connectivity index (χ1) is 34.2. The zero-order valence-electron chi connectivity index (χ0n) is 37.5. The molecule has 4 aromatic heterocycles. The highest BCUT2D eigenvalue weighted by molar-refractivity contribution is 7.88. The Labute approximate surface area is 402 Å². The second kappa shape index (κ2) is 19.7. The molecule has 2 unspecified atom stereocenters. The maximum atomic E-state index is 12.9. The van der Waals surface area contributed by atoms with Crippen LogP contribution in [0.3, 0.4) is 0 Å². The summed E-state index contributed by atoms with van der Waals surface area (Å²) < 4.78 is 108. The minimum Gasteiger partial charge on any atom is -0.478 e. The summed E-state index contributed by atoms with van der Waals surface area (Å²) in [5, 5.41) is 0. The van der Waals surface area contributed by atoms with Crippen molar-refractivity contribution in [2.24, 2.45) is 5.92 Å². The first kappa shape index (κ1) is 47.2. The van der Waals surface area contributed by atoms with Gasteiger partial charge >= 0.3 is 27.0 Å². The molecule has 2 aromatic carbocycles. The number of aryl methyl sites for hydroxylation is 2. The number of Topliss-reactive ketones (excluding diaryl/α,β-unsaturated/α-hetero) is 1. The van der Waals surface area contributed by atoms with Crippen molar-refractivity contribution in [1.82, 2.24) is 29.1 Å². The topological polar surface area (TPSA) is 221 Å². The van der Waals surface area contributed by atoms with E-state index in [1.54, 1.807) is 47.3 Å². The van der Waals surface area contributed by atoms with Gasteiger partial charge in [-0.1, -0.05) is 12.1 Å². The fourth-order valence-electron chi connectivity index (χ4n) is 8.71. The molecule has 0 radical (unpaired) electrons. The van der Waals surface area contributed by atoms with Gasteiger partial charge in [-0.3, -0.25) is 13.9 Å². The van der Waals surface area contributed by atoms with Crippen molar-refractivity contribution in [3.05, 3.63) is 123 Å². The molecule has 0 amide bonds. The minimum absolute atomic E-state index is 0.0228. The van der Waals surface area contributed by atoms with Crippen LogP contribution in [0.5, 0.6) is 40.8 Å². The lowest BCUT2D eigenvalue weighted by Crippen LogP contribution is -2.35. The number of benzene rings is 2. The Morgan fingerprint density at radius 3 is 1.80 bits per heavy atom. The van der Waals surface area contributed by atoms with Crippen molar-refractivity contribution in [3.63, 3.8) is 0 Å². The molecule has 23 heteroatoms. The lowest BCUT2D eigenvalue weighted by Gasteiger charge is -2.26. The van der Waals surface area contributed by atoms with Gasteiger partial charge in [0.15, 0.2) is 29.5 Å². The Hall–Kier alpha value is -7.53. The lowest BCUT2D eigenvalue weighted by atomic mass is 9.89. The SMILES string of the molecule is O=C(CC1CCOCC1)c1ccc2c(c1)CCn1c-2cc(OCC2COc3ncccc3O2)nc1=O.O=c1nc(OCC2COc3ncccc3O2)cc2n1CCc1cc(OS(=O)(=O)C(F)(F)F)ccc1-2. The van der Waals surface area contributed by atoms with Crippen LogP contribution in [0.2, 0.25) is 0 Å². The quantitative estimate of drug-likeness (QED) is 0.0902. The van der Waals surface area contributed by atoms with Gasteiger partial charge in [-0.05, 0) is 91.3 Å². The van der Waals surface area contributed by atoms with E-state index in [0.29, 0.717) is 72.0 Å². The monoisotopic (exact) mass is 1000 g/mol. The third kappa shape index (κ3) is 10.4. The van der Waals surface area contributed by atoms with Gasteiger partial charge in [0.1, 0.15) is 32.2 Å². The van der Waals surface area contributed by atoms with Crippen LogP contribution >= 0.6 is 0 Å². The molecular weight excluding hydrogens is 958 g/mol. The van der Waals surface area contributed by atoms with Crippen molar-refractivity contribution in [2.75, 3.05) is 39.6 Å². The fourth-order valence-corrected chi connectivity index (χ4v) is 9.16. The Bertz CT molecular complexity index is 3240. The van der Waals surface area contributed by atoms with Crippen molar-refractivity contribution in [3.8, 4) is 63.3 Å². The number of ether oxygens (including phenoxy) is 7. The highest BCUT2D eigenvalue weighted by Crippen LogP contribution is 2.36. The van der Waals surface area contributed by atoms with Gasteiger partial charge in [0.25, 0.3) is 11.8 Å². The zero-order valence-corrected chi connectivity index (χ0v) is 38.4. The Balaban J connectivity index is 0.000000164. The summed E-state index contributed by atoms with van der Waals surface area (Å²) in [6, 6.07) is 19.7. The maximum absolute atomic E-state index is 12.9. The van der Waals surface area contributed by atoms with Crippen LogP contribution in [-0.4, -0.2) is 101 Å². The number of halogens is 3. The third-order valence-electron chi connectivity index (χ3n) is 12.3. The first-order valence-electron chi connectivity index (χ1n) is 22.6. The molecule has 5 aliphatic heterocycles. The molecule has 0 bridgehead atoms. The van der Waals surface area contributed by atoms with Gasteiger partial charge in [-0.2, -0.15) is 31.6 Å². The molecule has 370 valence electrons. The molecule has 5 aliphatic rings. The molecule has 0 N–H and O–H groups in total. The summed E-state index contributed by atoms with van der Waals surface area (Å²) in [5.74, 6) is 2.18. The van der Waals surface area contributed by atoms with Crippen LogP contribution in [0, 0.1) is 5.92 Å². The van der Waals surface area contributed by atoms with Gasteiger partial charge in [0.05, 0.1) is 11.4 Å². The molecule has 0 aliphatic carbocycles. The van der Waals surface area contributed by atoms with E-state index in [0.717, 1.165) is 54.5 Å². The van der Waals surface area contributed by atoms with Crippen LogP contribution < -0.4 is 44.0 Å². The third-order valence-corrected chi connectivity index (χ3v) is 13.2. The van der Waals surface area contributed by atoms with Crippen molar-refractivity contribution >= 4 is 15.9 Å².